The van der Waals surface area contributed by atoms with E-state index in [-0.39, 0.29) is 0 Å². The van der Waals surface area contributed by atoms with Crippen molar-refractivity contribution < 1.29 is 9.84 Å². The molecule has 18 heavy (non-hydrogen) atoms. The summed E-state index contributed by atoms with van der Waals surface area (Å²) in [7, 11) is 1.60. The van der Waals surface area contributed by atoms with Crippen LogP contribution < -0.4 is 4.74 Å². The highest BCUT2D eigenvalue weighted by Crippen LogP contribution is 2.31. The topological polar surface area (TPSA) is 29.5 Å². The number of aliphatic hydroxyl groups excluding tert-OH is 1. The van der Waals surface area contributed by atoms with Crippen molar-refractivity contribution in [2.75, 3.05) is 7.11 Å². The number of rotatable bonds is 3. The van der Waals surface area contributed by atoms with E-state index in [1.807, 2.05) is 24.3 Å². The molecule has 0 aromatic heterocycles. The average molecular weight is 328 g/mol. The van der Waals surface area contributed by atoms with Gasteiger partial charge in [0.15, 0.2) is 0 Å². The Morgan fingerprint density at radius 1 is 1.22 bits per heavy atom. The Morgan fingerprint density at radius 3 is 2.72 bits per heavy atom. The lowest BCUT2D eigenvalue weighted by Crippen LogP contribution is -2.01. The molecule has 0 bridgehead atoms. The summed E-state index contributed by atoms with van der Waals surface area (Å²) < 4.78 is 5.97. The van der Waals surface area contributed by atoms with Crippen LogP contribution in [0.1, 0.15) is 17.2 Å². The minimum Gasteiger partial charge on any atom is -0.497 e. The molecule has 0 spiro atoms. The first-order chi connectivity index (χ1) is 8.61. The van der Waals surface area contributed by atoms with Crippen LogP contribution >= 0.6 is 27.5 Å². The number of methoxy groups -OCH3 is 1. The Labute approximate surface area is 119 Å². The Bertz CT molecular complexity index is 557. The van der Waals surface area contributed by atoms with Crippen LogP contribution in [-0.4, -0.2) is 12.2 Å². The van der Waals surface area contributed by atoms with Crippen molar-refractivity contribution in [1.29, 1.82) is 0 Å². The van der Waals surface area contributed by atoms with Gasteiger partial charge in [-0.3, -0.25) is 0 Å². The second-order valence-electron chi connectivity index (χ2n) is 3.84. The van der Waals surface area contributed by atoms with Gasteiger partial charge < -0.3 is 9.84 Å². The lowest BCUT2D eigenvalue weighted by Gasteiger charge is -2.14. The Balaban J connectivity index is 2.40. The fourth-order valence-corrected chi connectivity index (χ4v) is 2.36. The van der Waals surface area contributed by atoms with Crippen molar-refractivity contribution in [2.24, 2.45) is 0 Å². The molecule has 1 atom stereocenters. The van der Waals surface area contributed by atoms with Crippen LogP contribution in [-0.2, 0) is 0 Å². The summed E-state index contributed by atoms with van der Waals surface area (Å²) in [6.07, 6.45) is -0.742. The van der Waals surface area contributed by atoms with Gasteiger partial charge in [-0.25, -0.2) is 0 Å². The fraction of sp³-hybridized carbons (Fsp3) is 0.143. The lowest BCUT2D eigenvalue weighted by molar-refractivity contribution is 0.219. The maximum absolute atomic E-state index is 10.4. The predicted octanol–water partition coefficient (Wildman–Crippen LogP) is 4.19. The molecule has 2 aromatic rings. The molecule has 0 amide bonds. The van der Waals surface area contributed by atoms with E-state index < -0.39 is 6.10 Å². The average Bonchev–Trinajstić information content (AvgIpc) is 2.41. The maximum Gasteiger partial charge on any atom is 0.119 e. The highest BCUT2D eigenvalue weighted by atomic mass is 79.9. The summed E-state index contributed by atoms with van der Waals surface area (Å²) >= 11 is 9.36. The molecule has 0 aliphatic carbocycles. The second kappa shape index (κ2) is 5.74. The third-order valence-corrected chi connectivity index (χ3v) is 3.62. The molecule has 0 saturated carbocycles. The van der Waals surface area contributed by atoms with Crippen molar-refractivity contribution in [3.63, 3.8) is 0 Å². The van der Waals surface area contributed by atoms with Gasteiger partial charge >= 0.3 is 0 Å². The first kappa shape index (κ1) is 13.4. The van der Waals surface area contributed by atoms with Crippen LogP contribution in [0.25, 0.3) is 0 Å². The Kier molecular flexibility index (Phi) is 4.27. The van der Waals surface area contributed by atoms with E-state index in [9.17, 15) is 5.11 Å². The molecule has 4 heteroatoms. The highest BCUT2D eigenvalue weighted by Gasteiger charge is 2.14. The molecule has 1 N–H and O–H groups in total. The van der Waals surface area contributed by atoms with E-state index in [0.29, 0.717) is 10.8 Å². The number of hydrogen-bond donors (Lipinski definition) is 1. The summed E-state index contributed by atoms with van der Waals surface area (Å²) in [5.74, 6) is 0.713. The zero-order valence-corrected chi connectivity index (χ0v) is 12.1. The molecule has 0 heterocycles. The highest BCUT2D eigenvalue weighted by molar-refractivity contribution is 9.10. The molecule has 0 saturated heterocycles. The summed E-state index contributed by atoms with van der Waals surface area (Å²) in [6, 6.07) is 12.7. The second-order valence-corrected chi connectivity index (χ2v) is 5.14. The summed E-state index contributed by atoms with van der Waals surface area (Å²) in [6.45, 7) is 0. The van der Waals surface area contributed by atoms with E-state index >= 15 is 0 Å². The first-order valence-corrected chi connectivity index (χ1v) is 6.56. The smallest absolute Gasteiger partial charge is 0.119 e. The molecule has 94 valence electrons. The van der Waals surface area contributed by atoms with E-state index in [0.717, 1.165) is 15.6 Å². The quantitative estimate of drug-likeness (QED) is 0.916. The fourth-order valence-electron chi connectivity index (χ4n) is 1.72. The van der Waals surface area contributed by atoms with Crippen LogP contribution in [0, 0.1) is 0 Å². The monoisotopic (exact) mass is 326 g/mol. The molecule has 2 rings (SSSR count). The predicted molar refractivity (Wildman–Crippen MR) is 76.2 cm³/mol. The number of hydrogen-bond acceptors (Lipinski definition) is 2. The van der Waals surface area contributed by atoms with Gasteiger partial charge in [-0.1, -0.05) is 39.7 Å². The van der Waals surface area contributed by atoms with Crippen molar-refractivity contribution in [3.05, 3.63) is 63.1 Å². The van der Waals surface area contributed by atoms with Gasteiger partial charge in [-0.15, -0.1) is 0 Å². The van der Waals surface area contributed by atoms with Crippen molar-refractivity contribution in [2.45, 2.75) is 6.10 Å². The van der Waals surface area contributed by atoms with E-state index in [1.54, 1.807) is 25.3 Å². The lowest BCUT2D eigenvalue weighted by atomic mass is 10.0. The third-order valence-electron chi connectivity index (χ3n) is 2.66. The Hall–Kier alpha value is -1.03. The van der Waals surface area contributed by atoms with Crippen LogP contribution in [0.4, 0.5) is 0 Å². The molecular weight excluding hydrogens is 316 g/mol. The minimum absolute atomic E-state index is 0.593. The molecular formula is C14H12BrClO2. The van der Waals surface area contributed by atoms with Crippen LogP contribution in [0.2, 0.25) is 5.02 Å². The molecule has 0 fully saturated rings. The number of benzene rings is 2. The van der Waals surface area contributed by atoms with Gasteiger partial charge in [0.1, 0.15) is 11.9 Å². The molecule has 2 aromatic carbocycles. The van der Waals surface area contributed by atoms with Crippen LogP contribution in [0.5, 0.6) is 5.75 Å². The molecule has 0 aliphatic heterocycles. The number of aliphatic hydroxyl groups is 1. The zero-order chi connectivity index (χ0) is 13.1. The van der Waals surface area contributed by atoms with Gasteiger partial charge in [0.25, 0.3) is 0 Å². The van der Waals surface area contributed by atoms with Gasteiger partial charge in [0.2, 0.25) is 0 Å². The van der Waals surface area contributed by atoms with Gasteiger partial charge in [-0.2, -0.15) is 0 Å². The van der Waals surface area contributed by atoms with Crippen molar-refractivity contribution in [1.82, 2.24) is 0 Å². The third kappa shape index (κ3) is 2.86. The Morgan fingerprint density at radius 2 is 2.00 bits per heavy atom. The summed E-state index contributed by atoms with van der Waals surface area (Å²) in [5, 5.41) is 11.0. The van der Waals surface area contributed by atoms with Crippen molar-refractivity contribution >= 4 is 27.5 Å². The maximum atomic E-state index is 10.4. The van der Waals surface area contributed by atoms with E-state index in [2.05, 4.69) is 15.9 Å². The van der Waals surface area contributed by atoms with E-state index in [4.69, 9.17) is 16.3 Å². The summed E-state index contributed by atoms with van der Waals surface area (Å²) in [5.41, 5.74) is 1.49. The number of ether oxygens (including phenoxy) is 1. The van der Waals surface area contributed by atoms with Crippen LogP contribution in [0.15, 0.2) is 46.9 Å². The minimum atomic E-state index is -0.742. The normalized spacial score (nSPS) is 12.2. The van der Waals surface area contributed by atoms with E-state index in [1.165, 1.54) is 0 Å². The molecule has 1 unspecified atom stereocenters. The SMILES string of the molecule is COc1cccc(C(O)c2cc(Cl)ccc2Br)c1. The van der Waals surface area contributed by atoms with Gasteiger partial charge in [0, 0.05) is 15.1 Å². The molecule has 0 radical (unpaired) electrons. The zero-order valence-electron chi connectivity index (χ0n) is 9.73. The first-order valence-electron chi connectivity index (χ1n) is 5.39. The molecule has 0 aliphatic rings. The standard InChI is InChI=1S/C14H12BrClO2/c1-18-11-4-2-3-9(7-11)14(17)12-8-10(16)5-6-13(12)15/h2-8,14,17H,1H3. The van der Waals surface area contributed by atoms with Gasteiger partial charge in [0.05, 0.1) is 7.11 Å². The number of halogens is 2. The molecule has 2 nitrogen and oxygen atoms in total. The largest absolute Gasteiger partial charge is 0.497 e. The van der Waals surface area contributed by atoms with Gasteiger partial charge in [-0.05, 0) is 35.9 Å². The van der Waals surface area contributed by atoms with Crippen molar-refractivity contribution in [3.8, 4) is 5.75 Å². The summed E-state index contributed by atoms with van der Waals surface area (Å²) in [4.78, 5) is 0. The van der Waals surface area contributed by atoms with Crippen LogP contribution in [0.3, 0.4) is 0 Å².